The minimum absolute atomic E-state index is 0.0134. The monoisotopic (exact) mass is 479 g/mol. The molecule has 0 spiro atoms. The van der Waals surface area contributed by atoms with Crippen molar-refractivity contribution in [2.24, 2.45) is 5.73 Å². The van der Waals surface area contributed by atoms with Gasteiger partial charge in [0.25, 0.3) is 5.69 Å². The number of carbonyl (C=O) groups is 2. The second-order valence-electron chi connectivity index (χ2n) is 7.22. The van der Waals surface area contributed by atoms with Gasteiger partial charge >= 0.3 is 11.9 Å². The zero-order valence-electron chi connectivity index (χ0n) is 19.1. The number of carbonyl (C=O) groups excluding carboxylic acids is 2. The summed E-state index contributed by atoms with van der Waals surface area (Å²) >= 11 is 0. The van der Waals surface area contributed by atoms with Crippen molar-refractivity contribution >= 4 is 17.6 Å². The zero-order valence-corrected chi connectivity index (χ0v) is 19.1. The number of nitriles is 1. The Labute approximate surface area is 200 Å². The molecular formula is C24H21N3O8. The lowest BCUT2D eigenvalue weighted by molar-refractivity contribution is -0.384. The molecule has 0 aliphatic carbocycles. The van der Waals surface area contributed by atoms with Gasteiger partial charge in [0.05, 0.1) is 30.1 Å². The molecule has 1 atom stereocenters. The fourth-order valence-corrected chi connectivity index (χ4v) is 3.56. The van der Waals surface area contributed by atoms with Crippen molar-refractivity contribution in [1.82, 2.24) is 0 Å². The highest BCUT2D eigenvalue weighted by molar-refractivity contribution is 5.93. The number of hydrogen-bond acceptors (Lipinski definition) is 10. The molecule has 1 heterocycles. The van der Waals surface area contributed by atoms with Gasteiger partial charge in [-0.15, -0.1) is 0 Å². The van der Waals surface area contributed by atoms with Crippen LogP contribution in [-0.2, 0) is 19.0 Å². The topological polar surface area (TPSA) is 164 Å². The molecule has 0 saturated carbocycles. The summed E-state index contributed by atoms with van der Waals surface area (Å²) in [5.74, 6) is -2.09. The van der Waals surface area contributed by atoms with Crippen LogP contribution in [0.4, 0.5) is 5.69 Å². The summed E-state index contributed by atoms with van der Waals surface area (Å²) in [5, 5.41) is 20.8. The summed E-state index contributed by atoms with van der Waals surface area (Å²) in [4.78, 5) is 35.4. The van der Waals surface area contributed by atoms with Gasteiger partial charge in [0, 0.05) is 12.1 Å². The van der Waals surface area contributed by atoms with E-state index in [2.05, 4.69) is 0 Å². The summed E-state index contributed by atoms with van der Waals surface area (Å²) in [5.41, 5.74) is 6.05. The molecule has 0 radical (unpaired) electrons. The third-order valence-corrected chi connectivity index (χ3v) is 5.10. The van der Waals surface area contributed by atoms with E-state index in [-0.39, 0.29) is 52.1 Å². The maximum atomic E-state index is 12.7. The van der Waals surface area contributed by atoms with Crippen molar-refractivity contribution in [1.29, 1.82) is 5.26 Å². The Balaban J connectivity index is 2.07. The first-order valence-corrected chi connectivity index (χ1v) is 10.3. The first-order valence-electron chi connectivity index (χ1n) is 10.3. The molecule has 1 aliphatic heterocycles. The van der Waals surface area contributed by atoms with Crippen LogP contribution in [0.25, 0.3) is 0 Å². The molecule has 11 nitrogen and oxygen atoms in total. The van der Waals surface area contributed by atoms with Crippen LogP contribution in [0.1, 0.15) is 35.7 Å². The van der Waals surface area contributed by atoms with Crippen molar-refractivity contribution in [3.63, 3.8) is 0 Å². The van der Waals surface area contributed by atoms with E-state index in [9.17, 15) is 25.0 Å². The average molecular weight is 479 g/mol. The number of rotatable bonds is 7. The minimum Gasteiger partial charge on any atom is -0.465 e. The Morgan fingerprint density at radius 3 is 2.60 bits per heavy atom. The van der Waals surface area contributed by atoms with Crippen molar-refractivity contribution in [2.75, 3.05) is 13.7 Å². The van der Waals surface area contributed by atoms with Gasteiger partial charge in [-0.05, 0) is 37.6 Å². The third kappa shape index (κ3) is 5.06. The standard InChI is InChI=1S/C24H21N3O8/c1-4-33-24(29)20-13(2)34-22(26)18(12-25)21(20)14-6-5-7-16(10-14)35-19-9-8-15(27(30)31)11-17(19)23(28)32-3/h5-11,21H,4,26H2,1-3H3. The van der Waals surface area contributed by atoms with Gasteiger partial charge in [0.15, 0.2) is 0 Å². The molecule has 1 aliphatic rings. The van der Waals surface area contributed by atoms with E-state index < -0.39 is 22.8 Å². The van der Waals surface area contributed by atoms with Crippen molar-refractivity contribution in [2.45, 2.75) is 19.8 Å². The molecule has 35 heavy (non-hydrogen) atoms. The van der Waals surface area contributed by atoms with Crippen LogP contribution in [-0.4, -0.2) is 30.6 Å². The smallest absolute Gasteiger partial charge is 0.341 e. The fourth-order valence-electron chi connectivity index (χ4n) is 3.56. The van der Waals surface area contributed by atoms with Gasteiger partial charge in [-0.3, -0.25) is 10.1 Å². The van der Waals surface area contributed by atoms with E-state index in [1.54, 1.807) is 38.1 Å². The van der Waals surface area contributed by atoms with E-state index in [1.165, 1.54) is 12.1 Å². The number of ether oxygens (including phenoxy) is 4. The Morgan fingerprint density at radius 2 is 1.97 bits per heavy atom. The van der Waals surface area contributed by atoms with Crippen LogP contribution >= 0.6 is 0 Å². The Kier molecular flexibility index (Phi) is 7.36. The maximum absolute atomic E-state index is 12.7. The predicted octanol–water partition coefficient (Wildman–Crippen LogP) is 3.82. The Morgan fingerprint density at radius 1 is 1.23 bits per heavy atom. The number of non-ortho nitro benzene ring substituents is 1. The second-order valence-corrected chi connectivity index (χ2v) is 7.22. The lowest BCUT2D eigenvalue weighted by Gasteiger charge is -2.27. The number of benzene rings is 2. The summed E-state index contributed by atoms with van der Waals surface area (Å²) in [6, 6.07) is 11.9. The van der Waals surface area contributed by atoms with Gasteiger partial charge in [0.2, 0.25) is 5.88 Å². The van der Waals surface area contributed by atoms with Crippen LogP contribution in [0.3, 0.4) is 0 Å². The largest absolute Gasteiger partial charge is 0.465 e. The van der Waals surface area contributed by atoms with E-state index in [0.717, 1.165) is 13.2 Å². The molecule has 11 heteroatoms. The van der Waals surface area contributed by atoms with Crippen LogP contribution in [0, 0.1) is 21.4 Å². The lowest BCUT2D eigenvalue weighted by atomic mass is 9.83. The second kappa shape index (κ2) is 10.4. The van der Waals surface area contributed by atoms with Crippen LogP contribution in [0.5, 0.6) is 11.5 Å². The summed E-state index contributed by atoms with van der Waals surface area (Å²) in [7, 11) is 1.14. The highest BCUT2D eigenvalue weighted by Gasteiger charge is 2.36. The number of esters is 2. The molecule has 0 fully saturated rings. The predicted molar refractivity (Wildman–Crippen MR) is 121 cm³/mol. The van der Waals surface area contributed by atoms with Gasteiger partial charge in [0.1, 0.15) is 34.5 Å². The first-order chi connectivity index (χ1) is 16.7. The summed E-state index contributed by atoms with van der Waals surface area (Å²) in [6.07, 6.45) is 0. The first kappa shape index (κ1) is 24.8. The van der Waals surface area contributed by atoms with Crippen molar-refractivity contribution < 1.29 is 33.5 Å². The van der Waals surface area contributed by atoms with Crippen molar-refractivity contribution in [3.05, 3.63) is 86.5 Å². The van der Waals surface area contributed by atoms with E-state index in [1.807, 2.05) is 6.07 Å². The Bertz CT molecular complexity index is 1310. The molecule has 0 aromatic heterocycles. The molecule has 0 saturated heterocycles. The summed E-state index contributed by atoms with van der Waals surface area (Å²) < 4.78 is 21.1. The average Bonchev–Trinajstić information content (AvgIpc) is 2.83. The molecule has 0 bridgehead atoms. The molecule has 2 N–H and O–H groups in total. The summed E-state index contributed by atoms with van der Waals surface area (Å²) in [6.45, 7) is 3.31. The molecule has 0 amide bonds. The van der Waals surface area contributed by atoms with Crippen LogP contribution in [0.2, 0.25) is 0 Å². The quantitative estimate of drug-likeness (QED) is 0.350. The van der Waals surface area contributed by atoms with E-state index in [4.69, 9.17) is 24.7 Å². The molecule has 2 aromatic rings. The molecule has 3 rings (SSSR count). The number of nitrogens with zero attached hydrogens (tertiary/aromatic N) is 2. The van der Waals surface area contributed by atoms with Crippen LogP contribution in [0.15, 0.2) is 65.3 Å². The van der Waals surface area contributed by atoms with Gasteiger partial charge in [-0.1, -0.05) is 12.1 Å². The van der Waals surface area contributed by atoms with Gasteiger partial charge < -0.3 is 24.7 Å². The number of nitrogens with two attached hydrogens (primary N) is 1. The molecule has 2 aromatic carbocycles. The van der Waals surface area contributed by atoms with Gasteiger partial charge in [-0.25, -0.2) is 9.59 Å². The Hall–Kier alpha value is -4.85. The number of nitro benzene ring substituents is 1. The highest BCUT2D eigenvalue weighted by atomic mass is 16.6. The third-order valence-electron chi connectivity index (χ3n) is 5.10. The zero-order chi connectivity index (χ0) is 25.7. The number of hydrogen-bond donors (Lipinski definition) is 1. The van der Waals surface area contributed by atoms with E-state index >= 15 is 0 Å². The molecule has 180 valence electrons. The lowest BCUT2D eigenvalue weighted by Crippen LogP contribution is -2.25. The fraction of sp³-hybridized carbons (Fsp3) is 0.208. The molecule has 1 unspecified atom stereocenters. The number of allylic oxidation sites excluding steroid dienone is 2. The van der Waals surface area contributed by atoms with E-state index in [0.29, 0.717) is 5.56 Å². The number of methoxy groups -OCH3 is 1. The van der Waals surface area contributed by atoms with Crippen LogP contribution < -0.4 is 10.5 Å². The molecular weight excluding hydrogens is 458 g/mol. The van der Waals surface area contributed by atoms with Crippen molar-refractivity contribution in [3.8, 4) is 17.6 Å². The minimum atomic E-state index is -0.895. The SMILES string of the molecule is CCOC(=O)C1=C(C)OC(N)=C(C#N)C1c1cccc(Oc2ccc([N+](=O)[O-])cc2C(=O)OC)c1. The highest BCUT2D eigenvalue weighted by Crippen LogP contribution is 2.41. The normalized spacial score (nSPS) is 15.1. The maximum Gasteiger partial charge on any atom is 0.341 e. The van der Waals surface area contributed by atoms with Gasteiger partial charge in [-0.2, -0.15) is 5.26 Å². The number of nitro groups is 1.